The average molecular weight is 387 g/mol. The Morgan fingerprint density at radius 3 is 2.55 bits per heavy atom. The molecular formula is C24H25N3O2. The Morgan fingerprint density at radius 1 is 1.03 bits per heavy atom. The van der Waals surface area contributed by atoms with Crippen molar-refractivity contribution in [1.82, 2.24) is 9.88 Å². The van der Waals surface area contributed by atoms with Gasteiger partial charge in [0.2, 0.25) is 5.91 Å². The van der Waals surface area contributed by atoms with Crippen LogP contribution < -0.4 is 9.64 Å². The molecule has 0 aliphatic carbocycles. The number of nitrogens with one attached hydrogen (secondary N) is 1. The van der Waals surface area contributed by atoms with Crippen LogP contribution in [0.15, 0.2) is 42.5 Å². The largest absolute Gasteiger partial charge is 0.497 e. The number of carbonyl (C=O) groups excluding carboxylic acids is 1. The highest BCUT2D eigenvalue weighted by Crippen LogP contribution is 2.43. The van der Waals surface area contributed by atoms with E-state index >= 15 is 0 Å². The molecule has 0 saturated carbocycles. The van der Waals surface area contributed by atoms with Crippen molar-refractivity contribution < 1.29 is 9.53 Å². The summed E-state index contributed by atoms with van der Waals surface area (Å²) in [5.74, 6) is 1.07. The van der Waals surface area contributed by atoms with Crippen LogP contribution in [-0.4, -0.2) is 43.5 Å². The van der Waals surface area contributed by atoms with Gasteiger partial charge in [-0.15, -0.1) is 0 Å². The molecule has 1 aromatic heterocycles. The molecule has 0 radical (unpaired) electrons. The van der Waals surface area contributed by atoms with Gasteiger partial charge in [0.1, 0.15) is 5.75 Å². The van der Waals surface area contributed by atoms with Gasteiger partial charge < -0.3 is 19.5 Å². The zero-order chi connectivity index (χ0) is 20.1. The Morgan fingerprint density at radius 2 is 1.83 bits per heavy atom. The number of hydrogen-bond donors (Lipinski definition) is 1. The summed E-state index contributed by atoms with van der Waals surface area (Å²) in [6.45, 7) is 0.727. The zero-order valence-corrected chi connectivity index (χ0v) is 17.1. The third-order valence-corrected chi connectivity index (χ3v) is 6.11. The molecule has 29 heavy (non-hydrogen) atoms. The first-order chi connectivity index (χ1) is 14.1. The molecule has 2 aliphatic heterocycles. The molecule has 5 rings (SSSR count). The van der Waals surface area contributed by atoms with Crippen molar-refractivity contribution in [3.8, 4) is 5.75 Å². The molecule has 148 valence electrons. The number of hydrogen-bond acceptors (Lipinski definition) is 3. The van der Waals surface area contributed by atoms with Crippen molar-refractivity contribution in [2.45, 2.75) is 19.3 Å². The molecule has 3 heterocycles. The number of rotatable bonds is 3. The molecular weight excluding hydrogens is 362 g/mol. The zero-order valence-electron chi connectivity index (χ0n) is 17.1. The minimum atomic E-state index is 0.218. The maximum absolute atomic E-state index is 12.7. The Balaban J connectivity index is 1.71. The fraction of sp³-hybridized carbons (Fsp3) is 0.292. The first-order valence-electron chi connectivity index (χ1n) is 10.1. The lowest BCUT2D eigenvalue weighted by molar-refractivity contribution is -0.128. The smallest absolute Gasteiger partial charge is 0.227 e. The van der Waals surface area contributed by atoms with Crippen molar-refractivity contribution in [2.24, 2.45) is 0 Å². The van der Waals surface area contributed by atoms with Crippen LogP contribution in [0.5, 0.6) is 5.75 Å². The Labute approximate surface area is 170 Å². The summed E-state index contributed by atoms with van der Waals surface area (Å²) in [6.07, 6.45) is 2.19. The molecule has 5 nitrogen and oxygen atoms in total. The lowest BCUT2D eigenvalue weighted by atomic mass is 9.89. The van der Waals surface area contributed by atoms with Gasteiger partial charge in [-0.25, -0.2) is 0 Å². The summed E-state index contributed by atoms with van der Waals surface area (Å²) in [5, 5.41) is 1.19. The predicted molar refractivity (Wildman–Crippen MR) is 117 cm³/mol. The second-order valence-electron chi connectivity index (χ2n) is 7.95. The number of benzene rings is 2. The van der Waals surface area contributed by atoms with Gasteiger partial charge in [-0.05, 0) is 59.9 Å². The van der Waals surface area contributed by atoms with Crippen LogP contribution in [0.2, 0.25) is 0 Å². The molecule has 1 N–H and O–H groups in total. The van der Waals surface area contributed by atoms with Crippen molar-refractivity contribution in [3.05, 3.63) is 59.3 Å². The number of aromatic nitrogens is 1. The standard InChI is InChI=1S/C24H25N3O2/c1-26(2)16-6-4-15(5-7-16)18-9-11-22(28)27-13-12-19-20-14-17(29-3)8-10-21(20)25-23(19)24(18)27/h4-8,10,14,25H,9,11-13H2,1-3H3. The molecule has 5 heteroatoms. The van der Waals surface area contributed by atoms with E-state index in [1.165, 1.54) is 27.8 Å². The molecule has 0 atom stereocenters. The number of anilines is 1. The van der Waals surface area contributed by atoms with Crippen LogP contribution in [0.25, 0.3) is 22.2 Å². The monoisotopic (exact) mass is 387 g/mol. The quantitative estimate of drug-likeness (QED) is 0.729. The van der Waals surface area contributed by atoms with E-state index in [-0.39, 0.29) is 5.91 Å². The molecule has 2 aromatic carbocycles. The fourth-order valence-corrected chi connectivity index (χ4v) is 4.58. The van der Waals surface area contributed by atoms with Gasteiger partial charge in [-0.1, -0.05) is 12.1 Å². The van der Waals surface area contributed by atoms with Crippen LogP contribution in [0.4, 0.5) is 5.69 Å². The van der Waals surface area contributed by atoms with E-state index in [0.717, 1.165) is 42.0 Å². The van der Waals surface area contributed by atoms with E-state index in [2.05, 4.69) is 46.3 Å². The number of nitrogens with zero attached hydrogens (tertiary/aromatic N) is 2. The molecule has 3 aromatic rings. The van der Waals surface area contributed by atoms with E-state index < -0.39 is 0 Å². The lowest BCUT2D eigenvalue weighted by Crippen LogP contribution is -2.37. The van der Waals surface area contributed by atoms with Crippen LogP contribution >= 0.6 is 0 Å². The summed E-state index contributed by atoms with van der Waals surface area (Å²) < 4.78 is 5.43. The van der Waals surface area contributed by atoms with Gasteiger partial charge in [0.05, 0.1) is 18.5 Å². The maximum atomic E-state index is 12.7. The lowest BCUT2D eigenvalue weighted by Gasteiger charge is -2.35. The van der Waals surface area contributed by atoms with E-state index in [0.29, 0.717) is 6.42 Å². The third kappa shape index (κ3) is 2.80. The molecule has 2 aliphatic rings. The molecule has 0 fully saturated rings. The summed E-state index contributed by atoms with van der Waals surface area (Å²) in [4.78, 5) is 20.4. The van der Waals surface area contributed by atoms with Crippen LogP contribution in [0.3, 0.4) is 0 Å². The summed E-state index contributed by atoms with van der Waals surface area (Å²) in [5.41, 5.74) is 8.11. The number of methoxy groups -OCH3 is 1. The number of fused-ring (bicyclic) bond motifs is 5. The van der Waals surface area contributed by atoms with Gasteiger partial charge in [0.25, 0.3) is 0 Å². The van der Waals surface area contributed by atoms with Crippen molar-refractivity contribution in [2.75, 3.05) is 32.6 Å². The number of amides is 1. The third-order valence-electron chi connectivity index (χ3n) is 6.11. The summed E-state index contributed by atoms with van der Waals surface area (Å²) in [7, 11) is 5.79. The number of aromatic amines is 1. The number of carbonyl (C=O) groups is 1. The van der Waals surface area contributed by atoms with Gasteiger partial charge in [-0.3, -0.25) is 4.79 Å². The maximum Gasteiger partial charge on any atom is 0.227 e. The van der Waals surface area contributed by atoms with Gasteiger partial charge in [0.15, 0.2) is 0 Å². The van der Waals surface area contributed by atoms with Crippen molar-refractivity contribution in [1.29, 1.82) is 0 Å². The van der Waals surface area contributed by atoms with Gasteiger partial charge in [-0.2, -0.15) is 0 Å². The van der Waals surface area contributed by atoms with Crippen LogP contribution in [-0.2, 0) is 11.2 Å². The average Bonchev–Trinajstić information content (AvgIpc) is 3.12. The second kappa shape index (κ2) is 6.69. The summed E-state index contributed by atoms with van der Waals surface area (Å²) >= 11 is 0. The topological polar surface area (TPSA) is 48.6 Å². The van der Waals surface area contributed by atoms with E-state index in [1.807, 2.05) is 25.1 Å². The predicted octanol–water partition coefficient (Wildman–Crippen LogP) is 4.29. The molecule has 0 saturated heterocycles. The number of ether oxygens (including phenoxy) is 1. The molecule has 1 amide bonds. The molecule has 0 unspecified atom stereocenters. The van der Waals surface area contributed by atoms with Crippen LogP contribution in [0.1, 0.15) is 29.7 Å². The highest BCUT2D eigenvalue weighted by atomic mass is 16.5. The first-order valence-corrected chi connectivity index (χ1v) is 10.1. The van der Waals surface area contributed by atoms with Gasteiger partial charge >= 0.3 is 0 Å². The highest BCUT2D eigenvalue weighted by Gasteiger charge is 2.34. The second-order valence-corrected chi connectivity index (χ2v) is 7.95. The van der Waals surface area contributed by atoms with E-state index in [4.69, 9.17) is 4.74 Å². The van der Waals surface area contributed by atoms with Crippen molar-refractivity contribution >= 4 is 33.8 Å². The molecule has 0 bridgehead atoms. The molecule has 0 spiro atoms. The highest BCUT2D eigenvalue weighted by molar-refractivity contribution is 6.05. The van der Waals surface area contributed by atoms with Crippen LogP contribution in [0, 0.1) is 0 Å². The minimum Gasteiger partial charge on any atom is -0.497 e. The number of H-pyrrole nitrogens is 1. The number of allylic oxidation sites excluding steroid dienone is 1. The SMILES string of the molecule is COc1ccc2[nH]c3c(c2c1)CCN1C(=O)CCC(c2ccc(N(C)C)cc2)=C31. The minimum absolute atomic E-state index is 0.218. The van der Waals surface area contributed by atoms with E-state index in [9.17, 15) is 4.79 Å². The Bertz CT molecular complexity index is 1140. The van der Waals surface area contributed by atoms with Crippen molar-refractivity contribution in [3.63, 3.8) is 0 Å². The van der Waals surface area contributed by atoms with E-state index in [1.54, 1.807) is 7.11 Å². The fourth-order valence-electron chi connectivity index (χ4n) is 4.58. The summed E-state index contributed by atoms with van der Waals surface area (Å²) in [6, 6.07) is 14.8. The normalized spacial score (nSPS) is 16.1. The first kappa shape index (κ1) is 17.9. The van der Waals surface area contributed by atoms with Gasteiger partial charge in [0, 0.05) is 43.7 Å². The Hall–Kier alpha value is -3.21. The Kier molecular flexibility index (Phi) is 4.12.